The van der Waals surface area contributed by atoms with Crippen LogP contribution in [0.5, 0.6) is 0 Å². The molecule has 0 heterocycles. The molecule has 0 saturated carbocycles. The fourth-order valence-corrected chi connectivity index (χ4v) is 1.41. The molecule has 2 amide bonds. The minimum absolute atomic E-state index is 0.181. The average molecular weight is 237 g/mol. The van der Waals surface area contributed by atoms with E-state index in [1.54, 1.807) is 24.3 Å². The Morgan fingerprint density at radius 3 is 2.18 bits per heavy atom. The van der Waals surface area contributed by atoms with E-state index >= 15 is 0 Å². The van der Waals surface area contributed by atoms with E-state index in [4.69, 9.17) is 21.9 Å². The van der Waals surface area contributed by atoms with Crippen molar-refractivity contribution in [2.24, 2.45) is 17.2 Å². The molecule has 0 saturated heterocycles. The molecule has 1 aromatic carbocycles. The molecule has 17 heavy (non-hydrogen) atoms. The number of rotatable bonds is 5. The molecule has 1 atom stereocenters. The third kappa shape index (κ3) is 4.12. The quantitative estimate of drug-likeness (QED) is 0.653. The van der Waals surface area contributed by atoms with Gasteiger partial charge in [-0.1, -0.05) is 12.1 Å². The highest BCUT2D eigenvalue weighted by Gasteiger charge is 2.11. The SMILES string of the molecule is NCC(Cc1ccc(C(N)=O)cc1)OC(N)=O. The van der Waals surface area contributed by atoms with Crippen molar-refractivity contribution in [3.63, 3.8) is 0 Å². The van der Waals surface area contributed by atoms with E-state index in [1.165, 1.54) is 0 Å². The fraction of sp³-hybridized carbons (Fsp3) is 0.273. The number of benzene rings is 1. The van der Waals surface area contributed by atoms with Crippen molar-refractivity contribution < 1.29 is 14.3 Å². The first-order valence-corrected chi connectivity index (χ1v) is 5.08. The van der Waals surface area contributed by atoms with Gasteiger partial charge in [-0.2, -0.15) is 0 Å². The van der Waals surface area contributed by atoms with Gasteiger partial charge in [-0.25, -0.2) is 4.79 Å². The van der Waals surface area contributed by atoms with Gasteiger partial charge in [0, 0.05) is 18.5 Å². The van der Waals surface area contributed by atoms with Gasteiger partial charge < -0.3 is 21.9 Å². The maximum absolute atomic E-state index is 10.9. The predicted octanol–water partition coefficient (Wildman–Crippen LogP) is -0.249. The Labute approximate surface area is 98.7 Å². The van der Waals surface area contributed by atoms with E-state index in [0.29, 0.717) is 12.0 Å². The lowest BCUT2D eigenvalue weighted by molar-refractivity contribution is 0.1000. The van der Waals surface area contributed by atoms with Crippen LogP contribution < -0.4 is 17.2 Å². The van der Waals surface area contributed by atoms with E-state index in [2.05, 4.69) is 0 Å². The van der Waals surface area contributed by atoms with E-state index in [1.807, 2.05) is 0 Å². The second kappa shape index (κ2) is 5.86. The normalized spacial score (nSPS) is 11.8. The monoisotopic (exact) mass is 237 g/mol. The Morgan fingerprint density at radius 2 is 1.76 bits per heavy atom. The summed E-state index contributed by atoms with van der Waals surface area (Å²) in [6, 6.07) is 6.67. The molecule has 0 aromatic heterocycles. The number of carbonyl (C=O) groups is 2. The van der Waals surface area contributed by atoms with Crippen molar-refractivity contribution >= 4 is 12.0 Å². The second-order valence-electron chi connectivity index (χ2n) is 3.56. The van der Waals surface area contributed by atoms with Gasteiger partial charge in [0.15, 0.2) is 0 Å². The third-order valence-corrected chi connectivity index (χ3v) is 2.25. The van der Waals surface area contributed by atoms with Gasteiger partial charge in [0.05, 0.1) is 0 Å². The van der Waals surface area contributed by atoms with Gasteiger partial charge in [-0.3, -0.25) is 4.79 Å². The van der Waals surface area contributed by atoms with E-state index in [-0.39, 0.29) is 6.54 Å². The van der Waals surface area contributed by atoms with Crippen LogP contribution >= 0.6 is 0 Å². The minimum Gasteiger partial charge on any atom is -0.445 e. The lowest BCUT2D eigenvalue weighted by Crippen LogP contribution is -2.31. The summed E-state index contributed by atoms with van der Waals surface area (Å²) in [6.07, 6.45) is -0.875. The standard InChI is InChI=1S/C11H15N3O3/c12-6-9(17-11(14)16)5-7-1-3-8(4-2-7)10(13)15/h1-4,9H,5-6,12H2,(H2,13,15)(H2,14,16). The molecule has 6 heteroatoms. The van der Waals surface area contributed by atoms with Crippen LogP contribution in [0.15, 0.2) is 24.3 Å². The zero-order valence-electron chi connectivity index (χ0n) is 9.26. The summed E-state index contributed by atoms with van der Waals surface area (Å²) in [5.74, 6) is -0.486. The number of carbonyl (C=O) groups excluding carboxylic acids is 2. The highest BCUT2D eigenvalue weighted by atomic mass is 16.6. The van der Waals surface area contributed by atoms with Crippen molar-refractivity contribution in [3.8, 4) is 0 Å². The zero-order valence-corrected chi connectivity index (χ0v) is 9.26. The van der Waals surface area contributed by atoms with Gasteiger partial charge in [0.25, 0.3) is 0 Å². The van der Waals surface area contributed by atoms with Gasteiger partial charge in [0.2, 0.25) is 5.91 Å². The Balaban J connectivity index is 2.67. The summed E-state index contributed by atoms with van der Waals surface area (Å²) in [4.78, 5) is 21.4. The number of nitrogens with two attached hydrogens (primary N) is 3. The first-order chi connectivity index (χ1) is 8.02. The topological polar surface area (TPSA) is 121 Å². The van der Waals surface area contributed by atoms with Crippen LogP contribution in [0.25, 0.3) is 0 Å². The Kier molecular flexibility index (Phi) is 4.47. The van der Waals surface area contributed by atoms with Gasteiger partial charge in [-0.05, 0) is 17.7 Å². The van der Waals surface area contributed by atoms with Crippen molar-refractivity contribution in [2.45, 2.75) is 12.5 Å². The Hall–Kier alpha value is -2.08. The number of primary amides is 2. The molecule has 0 radical (unpaired) electrons. The van der Waals surface area contributed by atoms with Gasteiger partial charge >= 0.3 is 6.09 Å². The van der Waals surface area contributed by atoms with Crippen molar-refractivity contribution in [3.05, 3.63) is 35.4 Å². The largest absolute Gasteiger partial charge is 0.445 e. The van der Waals surface area contributed by atoms with Gasteiger partial charge in [-0.15, -0.1) is 0 Å². The van der Waals surface area contributed by atoms with Crippen LogP contribution in [0.4, 0.5) is 4.79 Å². The van der Waals surface area contributed by atoms with Crippen molar-refractivity contribution in [1.29, 1.82) is 0 Å². The van der Waals surface area contributed by atoms with Crippen LogP contribution in [-0.2, 0) is 11.2 Å². The maximum Gasteiger partial charge on any atom is 0.404 e. The lowest BCUT2D eigenvalue weighted by atomic mass is 10.1. The van der Waals surface area contributed by atoms with Gasteiger partial charge in [0.1, 0.15) is 6.10 Å². The Bertz CT molecular complexity index is 403. The number of hydrogen-bond acceptors (Lipinski definition) is 4. The molecule has 0 aliphatic rings. The molecule has 0 bridgehead atoms. The summed E-state index contributed by atoms with van der Waals surface area (Å²) in [7, 11) is 0. The molecule has 0 fully saturated rings. The van der Waals surface area contributed by atoms with Crippen LogP contribution in [0.2, 0.25) is 0 Å². The van der Waals surface area contributed by atoms with Crippen LogP contribution in [0.1, 0.15) is 15.9 Å². The maximum atomic E-state index is 10.9. The predicted molar refractivity (Wildman–Crippen MR) is 62.2 cm³/mol. The van der Waals surface area contributed by atoms with E-state index < -0.39 is 18.1 Å². The molecule has 0 aliphatic carbocycles. The third-order valence-electron chi connectivity index (χ3n) is 2.25. The molecule has 92 valence electrons. The van der Waals surface area contributed by atoms with Crippen LogP contribution in [0.3, 0.4) is 0 Å². The summed E-state index contributed by atoms with van der Waals surface area (Å²) in [6.45, 7) is 0.181. The van der Waals surface area contributed by atoms with Crippen LogP contribution in [0, 0.1) is 0 Å². The van der Waals surface area contributed by atoms with Crippen LogP contribution in [-0.4, -0.2) is 24.6 Å². The molecule has 6 N–H and O–H groups in total. The fourth-order valence-electron chi connectivity index (χ4n) is 1.41. The smallest absolute Gasteiger partial charge is 0.404 e. The van der Waals surface area contributed by atoms with Crippen molar-refractivity contribution in [2.75, 3.05) is 6.54 Å². The molecular formula is C11H15N3O3. The number of hydrogen-bond donors (Lipinski definition) is 3. The molecule has 1 aromatic rings. The first kappa shape index (κ1) is 13.0. The van der Waals surface area contributed by atoms with E-state index in [9.17, 15) is 9.59 Å². The molecular weight excluding hydrogens is 222 g/mol. The molecule has 1 unspecified atom stereocenters. The Morgan fingerprint density at radius 1 is 1.18 bits per heavy atom. The highest BCUT2D eigenvalue weighted by molar-refractivity contribution is 5.92. The summed E-state index contributed by atoms with van der Waals surface area (Å²) in [5, 5.41) is 0. The molecule has 1 rings (SSSR count). The zero-order chi connectivity index (χ0) is 12.8. The summed E-state index contributed by atoms with van der Waals surface area (Å²) in [5.41, 5.74) is 16.8. The second-order valence-corrected chi connectivity index (χ2v) is 3.56. The average Bonchev–Trinajstić information content (AvgIpc) is 2.28. The highest BCUT2D eigenvalue weighted by Crippen LogP contribution is 2.08. The first-order valence-electron chi connectivity index (χ1n) is 5.08. The summed E-state index contributed by atoms with van der Waals surface area (Å²) >= 11 is 0. The molecule has 0 spiro atoms. The minimum atomic E-state index is -0.853. The van der Waals surface area contributed by atoms with E-state index in [0.717, 1.165) is 5.56 Å². The lowest BCUT2D eigenvalue weighted by Gasteiger charge is -2.14. The molecule has 0 aliphatic heterocycles. The van der Waals surface area contributed by atoms with Crippen molar-refractivity contribution in [1.82, 2.24) is 0 Å². The summed E-state index contributed by atoms with van der Waals surface area (Å²) < 4.78 is 4.80. The number of amides is 2. The number of ether oxygens (including phenoxy) is 1. The molecule has 6 nitrogen and oxygen atoms in total.